The smallest absolute Gasteiger partial charge is 0.323 e. The van der Waals surface area contributed by atoms with E-state index < -0.39 is 11.5 Å². The van der Waals surface area contributed by atoms with Gasteiger partial charge < -0.3 is 15.3 Å². The van der Waals surface area contributed by atoms with Crippen LogP contribution in [0.5, 0.6) is 0 Å². The van der Waals surface area contributed by atoms with Crippen molar-refractivity contribution in [3.05, 3.63) is 0 Å². The number of hydrogen-bond donors (Lipinski definition) is 2. The largest absolute Gasteiger partial charge is 0.480 e. The monoisotopic (exact) mass is 296 g/mol. The first-order valence-electron chi connectivity index (χ1n) is 8.70. The van der Waals surface area contributed by atoms with E-state index in [1.165, 1.54) is 25.7 Å². The fraction of sp³-hybridized carbons (Fsp3) is 0.941. The van der Waals surface area contributed by atoms with Gasteiger partial charge in [0.25, 0.3) is 0 Å². The first-order valence-corrected chi connectivity index (χ1v) is 8.70. The molecule has 0 aliphatic heterocycles. The average molecular weight is 296 g/mol. The van der Waals surface area contributed by atoms with Crippen LogP contribution in [0.1, 0.15) is 65.2 Å². The molecule has 0 saturated heterocycles. The van der Waals surface area contributed by atoms with E-state index in [0.717, 1.165) is 38.1 Å². The lowest BCUT2D eigenvalue weighted by Crippen LogP contribution is -2.52. The van der Waals surface area contributed by atoms with Crippen LogP contribution in [0.2, 0.25) is 0 Å². The lowest BCUT2D eigenvalue weighted by atomic mass is 9.84. The fourth-order valence-electron chi connectivity index (χ4n) is 4.33. The standard InChI is InChI=1S/C17H32N2O2/c1-4-11-18-17(16(20)21)10-9-14(12-17)19(3)15-8-6-5-7-13(15)2/h13-15,18H,4-12H2,1-3H3,(H,20,21). The van der Waals surface area contributed by atoms with Gasteiger partial charge in [-0.3, -0.25) is 4.79 Å². The highest BCUT2D eigenvalue weighted by molar-refractivity contribution is 5.79. The predicted octanol–water partition coefficient (Wildman–Crippen LogP) is 2.87. The SMILES string of the molecule is CCCNC1(C(=O)O)CCC(N(C)C2CCCCC2C)C1. The molecule has 0 aromatic heterocycles. The molecule has 2 aliphatic rings. The van der Waals surface area contributed by atoms with E-state index in [1.807, 2.05) is 0 Å². The topological polar surface area (TPSA) is 52.6 Å². The lowest BCUT2D eigenvalue weighted by molar-refractivity contribution is -0.144. The Morgan fingerprint density at radius 3 is 2.67 bits per heavy atom. The molecule has 0 spiro atoms. The number of aliphatic carboxylic acids is 1. The molecule has 2 N–H and O–H groups in total. The van der Waals surface area contributed by atoms with Gasteiger partial charge >= 0.3 is 5.97 Å². The van der Waals surface area contributed by atoms with Crippen LogP contribution in [0.25, 0.3) is 0 Å². The lowest BCUT2D eigenvalue weighted by Gasteiger charge is -2.40. The molecule has 2 saturated carbocycles. The maximum absolute atomic E-state index is 11.8. The quantitative estimate of drug-likeness (QED) is 0.791. The van der Waals surface area contributed by atoms with Crippen molar-refractivity contribution in [3.63, 3.8) is 0 Å². The van der Waals surface area contributed by atoms with Crippen LogP contribution in [-0.2, 0) is 4.79 Å². The Morgan fingerprint density at radius 1 is 1.33 bits per heavy atom. The second kappa shape index (κ2) is 7.10. The summed E-state index contributed by atoms with van der Waals surface area (Å²) < 4.78 is 0. The van der Waals surface area contributed by atoms with Crippen LogP contribution in [0.4, 0.5) is 0 Å². The summed E-state index contributed by atoms with van der Waals surface area (Å²) in [6.07, 6.45) is 8.77. The van der Waals surface area contributed by atoms with Crippen molar-refractivity contribution >= 4 is 5.97 Å². The van der Waals surface area contributed by atoms with Gasteiger partial charge in [0.1, 0.15) is 5.54 Å². The maximum atomic E-state index is 11.8. The van der Waals surface area contributed by atoms with Crippen LogP contribution in [0, 0.1) is 5.92 Å². The number of nitrogens with zero attached hydrogens (tertiary/aromatic N) is 1. The van der Waals surface area contributed by atoms with Crippen molar-refractivity contribution in [2.45, 2.75) is 82.8 Å². The highest BCUT2D eigenvalue weighted by Crippen LogP contribution is 2.37. The highest BCUT2D eigenvalue weighted by Gasteiger charge is 2.47. The molecular formula is C17H32N2O2. The first kappa shape index (κ1) is 16.8. The number of carbonyl (C=O) groups is 1. The minimum atomic E-state index is -0.688. The first-order chi connectivity index (χ1) is 10.00. The van der Waals surface area contributed by atoms with E-state index in [1.54, 1.807) is 0 Å². The Labute approximate surface area is 129 Å². The van der Waals surface area contributed by atoms with Crippen LogP contribution >= 0.6 is 0 Å². The van der Waals surface area contributed by atoms with E-state index >= 15 is 0 Å². The van der Waals surface area contributed by atoms with Gasteiger partial charge in [-0.2, -0.15) is 0 Å². The van der Waals surface area contributed by atoms with Gasteiger partial charge in [-0.15, -0.1) is 0 Å². The van der Waals surface area contributed by atoms with Crippen LogP contribution < -0.4 is 5.32 Å². The predicted molar refractivity (Wildman–Crippen MR) is 85.5 cm³/mol. The molecule has 4 heteroatoms. The Bertz CT molecular complexity index is 361. The van der Waals surface area contributed by atoms with Gasteiger partial charge in [-0.25, -0.2) is 0 Å². The molecule has 0 aromatic rings. The van der Waals surface area contributed by atoms with Crippen molar-refractivity contribution in [1.29, 1.82) is 0 Å². The van der Waals surface area contributed by atoms with Crippen LogP contribution in [0.3, 0.4) is 0 Å². The molecule has 21 heavy (non-hydrogen) atoms. The summed E-state index contributed by atoms with van der Waals surface area (Å²) in [5.74, 6) is 0.0794. The fourth-order valence-corrected chi connectivity index (χ4v) is 4.33. The van der Waals surface area contributed by atoms with Gasteiger partial charge in [-0.05, 0) is 58.0 Å². The second-order valence-corrected chi connectivity index (χ2v) is 7.21. The summed E-state index contributed by atoms with van der Waals surface area (Å²) in [4.78, 5) is 14.3. The summed E-state index contributed by atoms with van der Waals surface area (Å²) in [6.45, 7) is 5.24. The number of hydrogen-bond acceptors (Lipinski definition) is 3. The normalized spacial score (nSPS) is 37.0. The molecule has 2 rings (SSSR count). The molecule has 2 aliphatic carbocycles. The molecule has 4 unspecified atom stereocenters. The number of carboxylic acids is 1. The molecule has 4 atom stereocenters. The van der Waals surface area contributed by atoms with Crippen LogP contribution in [-0.4, -0.2) is 47.2 Å². The van der Waals surface area contributed by atoms with E-state index in [4.69, 9.17) is 0 Å². The van der Waals surface area contributed by atoms with Crippen molar-refractivity contribution in [2.75, 3.05) is 13.6 Å². The van der Waals surface area contributed by atoms with Crippen molar-refractivity contribution in [3.8, 4) is 0 Å². The Kier molecular flexibility index (Phi) is 5.67. The average Bonchev–Trinajstić information content (AvgIpc) is 2.91. The number of carboxylic acid groups (broad SMARTS) is 1. The van der Waals surface area contributed by atoms with E-state index in [-0.39, 0.29) is 0 Å². The zero-order valence-corrected chi connectivity index (χ0v) is 13.9. The molecule has 4 nitrogen and oxygen atoms in total. The van der Waals surface area contributed by atoms with E-state index in [2.05, 4.69) is 31.1 Å². The molecule has 122 valence electrons. The number of rotatable bonds is 6. The zero-order valence-electron chi connectivity index (χ0n) is 13.9. The van der Waals surface area contributed by atoms with Gasteiger partial charge in [0.2, 0.25) is 0 Å². The third-order valence-corrected chi connectivity index (χ3v) is 5.78. The minimum absolute atomic E-state index is 0.413. The van der Waals surface area contributed by atoms with Gasteiger partial charge in [0, 0.05) is 12.1 Å². The Hall–Kier alpha value is -0.610. The van der Waals surface area contributed by atoms with Crippen molar-refractivity contribution in [1.82, 2.24) is 10.2 Å². The summed E-state index contributed by atoms with van der Waals surface area (Å²) in [7, 11) is 2.22. The van der Waals surface area contributed by atoms with Crippen molar-refractivity contribution < 1.29 is 9.90 Å². The Morgan fingerprint density at radius 2 is 2.05 bits per heavy atom. The molecule has 2 fully saturated rings. The third-order valence-electron chi connectivity index (χ3n) is 5.78. The van der Waals surface area contributed by atoms with E-state index in [9.17, 15) is 9.90 Å². The van der Waals surface area contributed by atoms with Gasteiger partial charge in [0.15, 0.2) is 0 Å². The summed E-state index contributed by atoms with van der Waals surface area (Å²) in [5, 5.41) is 13.0. The summed E-state index contributed by atoms with van der Waals surface area (Å²) in [6, 6.07) is 1.05. The van der Waals surface area contributed by atoms with Gasteiger partial charge in [-0.1, -0.05) is 26.7 Å². The summed E-state index contributed by atoms with van der Waals surface area (Å²) in [5.41, 5.74) is -0.688. The van der Waals surface area contributed by atoms with E-state index in [0.29, 0.717) is 12.1 Å². The maximum Gasteiger partial charge on any atom is 0.323 e. The summed E-state index contributed by atoms with van der Waals surface area (Å²) >= 11 is 0. The molecule has 0 heterocycles. The molecule has 0 aromatic carbocycles. The van der Waals surface area contributed by atoms with Crippen LogP contribution in [0.15, 0.2) is 0 Å². The second-order valence-electron chi connectivity index (χ2n) is 7.21. The third kappa shape index (κ3) is 3.59. The molecule has 0 radical (unpaired) electrons. The molecular weight excluding hydrogens is 264 g/mol. The zero-order chi connectivity index (χ0) is 15.5. The van der Waals surface area contributed by atoms with Crippen molar-refractivity contribution in [2.24, 2.45) is 5.92 Å². The minimum Gasteiger partial charge on any atom is -0.480 e. The van der Waals surface area contributed by atoms with Gasteiger partial charge in [0.05, 0.1) is 0 Å². The highest BCUT2D eigenvalue weighted by atomic mass is 16.4. The Balaban J connectivity index is 2.00. The molecule has 0 amide bonds. The number of nitrogens with one attached hydrogen (secondary N) is 1. The molecule has 0 bridgehead atoms.